The van der Waals surface area contributed by atoms with Crippen LogP contribution in [0.25, 0.3) is 11.0 Å². The molecular weight excluding hydrogens is 476 g/mol. The Hall–Kier alpha value is -5.23. The summed E-state index contributed by atoms with van der Waals surface area (Å²) in [6.45, 7) is 0. The molecule has 37 heavy (non-hydrogen) atoms. The first-order chi connectivity index (χ1) is 18.0. The average molecular weight is 496 g/mol. The van der Waals surface area contributed by atoms with Gasteiger partial charge in [0, 0.05) is 0 Å². The molecule has 4 aromatic rings. The molecule has 0 radical (unpaired) electrons. The second kappa shape index (κ2) is 9.43. The van der Waals surface area contributed by atoms with Crippen LogP contribution in [0.15, 0.2) is 87.4 Å². The largest absolute Gasteiger partial charge is 0.493 e. The summed E-state index contributed by atoms with van der Waals surface area (Å²) in [6, 6.07) is 20.4. The van der Waals surface area contributed by atoms with E-state index >= 15 is 0 Å². The van der Waals surface area contributed by atoms with Crippen molar-refractivity contribution in [2.24, 2.45) is 5.73 Å². The Bertz CT molecular complexity index is 1640. The third kappa shape index (κ3) is 4.00. The summed E-state index contributed by atoms with van der Waals surface area (Å²) in [4.78, 5) is 25.9. The molecule has 0 saturated carbocycles. The van der Waals surface area contributed by atoms with Crippen LogP contribution in [-0.2, 0) is 0 Å². The average Bonchev–Trinajstić information content (AvgIpc) is 2.92. The number of fused-ring (bicyclic) bond motifs is 3. The number of carbonyl (C=O) groups excluding carboxylic acids is 1. The Morgan fingerprint density at radius 2 is 1.65 bits per heavy atom. The Morgan fingerprint density at radius 1 is 1.00 bits per heavy atom. The second-order valence-electron chi connectivity index (χ2n) is 8.06. The molecule has 3 aromatic carbocycles. The molecule has 1 atom stereocenters. The highest BCUT2D eigenvalue weighted by Crippen LogP contribution is 2.47. The van der Waals surface area contributed by atoms with Crippen LogP contribution in [0.4, 0.5) is 0 Å². The summed E-state index contributed by atoms with van der Waals surface area (Å²) in [5, 5.41) is 10.5. The molecule has 1 aliphatic rings. The number of nitriles is 1. The molecule has 0 unspecified atom stereocenters. The van der Waals surface area contributed by atoms with E-state index in [9.17, 15) is 14.9 Å². The highest BCUT2D eigenvalue weighted by atomic mass is 16.6. The summed E-state index contributed by atoms with van der Waals surface area (Å²) in [7, 11) is 2.79. The molecule has 2 N–H and O–H groups in total. The molecule has 5 rings (SSSR count). The predicted octanol–water partition coefficient (Wildman–Crippen LogP) is 4.25. The fourth-order valence-electron chi connectivity index (χ4n) is 4.29. The lowest BCUT2D eigenvalue weighted by Crippen LogP contribution is -2.26. The first-order valence-electron chi connectivity index (χ1n) is 11.1. The SMILES string of the molecule is COc1cc([C@@H]2C(C#N)=C(N)Oc3c2c(=O)oc2ccccc32)cc(OC)c1OC(=O)c1ccccc1. The number of rotatable bonds is 5. The molecule has 184 valence electrons. The summed E-state index contributed by atoms with van der Waals surface area (Å²) in [5.41, 5.74) is 6.64. The van der Waals surface area contributed by atoms with Crippen molar-refractivity contribution in [3.05, 3.63) is 105 Å². The van der Waals surface area contributed by atoms with E-state index in [-0.39, 0.29) is 40.0 Å². The third-order valence-corrected chi connectivity index (χ3v) is 5.99. The van der Waals surface area contributed by atoms with Gasteiger partial charge in [-0.1, -0.05) is 30.3 Å². The minimum absolute atomic E-state index is 0.00761. The molecule has 0 amide bonds. The second-order valence-corrected chi connectivity index (χ2v) is 8.06. The Labute approximate surface area is 210 Å². The number of ether oxygens (including phenoxy) is 4. The monoisotopic (exact) mass is 496 g/mol. The lowest BCUT2D eigenvalue weighted by molar-refractivity contribution is 0.0724. The zero-order chi connectivity index (χ0) is 26.1. The zero-order valence-corrected chi connectivity index (χ0v) is 19.8. The van der Waals surface area contributed by atoms with Crippen LogP contribution in [0.3, 0.4) is 0 Å². The van der Waals surface area contributed by atoms with Crippen molar-refractivity contribution >= 4 is 16.9 Å². The van der Waals surface area contributed by atoms with Gasteiger partial charge in [-0.2, -0.15) is 5.26 Å². The van der Waals surface area contributed by atoms with Gasteiger partial charge in [0.15, 0.2) is 17.2 Å². The van der Waals surface area contributed by atoms with Gasteiger partial charge >= 0.3 is 11.6 Å². The van der Waals surface area contributed by atoms with Crippen molar-refractivity contribution in [1.29, 1.82) is 5.26 Å². The van der Waals surface area contributed by atoms with E-state index in [2.05, 4.69) is 0 Å². The van der Waals surface area contributed by atoms with Gasteiger partial charge in [-0.05, 0) is 42.0 Å². The maximum atomic E-state index is 13.2. The first-order valence-corrected chi connectivity index (χ1v) is 11.1. The maximum absolute atomic E-state index is 13.2. The van der Waals surface area contributed by atoms with E-state index in [0.29, 0.717) is 22.1 Å². The number of hydrogen-bond donors (Lipinski definition) is 1. The van der Waals surface area contributed by atoms with Crippen molar-refractivity contribution in [1.82, 2.24) is 0 Å². The normalized spacial score (nSPS) is 14.4. The van der Waals surface area contributed by atoms with Gasteiger partial charge in [-0.25, -0.2) is 9.59 Å². The number of esters is 1. The van der Waals surface area contributed by atoms with Crippen LogP contribution in [0.5, 0.6) is 23.0 Å². The molecule has 1 aromatic heterocycles. The number of hydrogen-bond acceptors (Lipinski definition) is 9. The summed E-state index contributed by atoms with van der Waals surface area (Å²) < 4.78 is 28.0. The van der Waals surface area contributed by atoms with Crippen molar-refractivity contribution < 1.29 is 28.2 Å². The van der Waals surface area contributed by atoms with E-state index < -0.39 is 17.5 Å². The number of benzene rings is 3. The molecular formula is C28H20N2O7. The van der Waals surface area contributed by atoms with E-state index in [4.69, 9.17) is 29.1 Å². The molecule has 9 heteroatoms. The quantitative estimate of drug-likeness (QED) is 0.244. The third-order valence-electron chi connectivity index (χ3n) is 5.99. The van der Waals surface area contributed by atoms with Crippen LogP contribution in [-0.4, -0.2) is 20.2 Å². The Morgan fingerprint density at radius 3 is 2.30 bits per heavy atom. The van der Waals surface area contributed by atoms with Gasteiger partial charge < -0.3 is 29.1 Å². The molecule has 0 spiro atoms. The number of carbonyl (C=O) groups is 1. The molecule has 0 fully saturated rings. The molecule has 1 aliphatic heterocycles. The topological polar surface area (TPSA) is 134 Å². The Kier molecular flexibility index (Phi) is 5.99. The number of para-hydroxylation sites is 1. The van der Waals surface area contributed by atoms with Gasteiger partial charge in [0.1, 0.15) is 17.2 Å². The smallest absolute Gasteiger partial charge is 0.344 e. The van der Waals surface area contributed by atoms with Crippen molar-refractivity contribution in [2.75, 3.05) is 14.2 Å². The van der Waals surface area contributed by atoms with Crippen LogP contribution in [0.1, 0.15) is 27.4 Å². The predicted molar refractivity (Wildman–Crippen MR) is 133 cm³/mol. The van der Waals surface area contributed by atoms with Crippen molar-refractivity contribution in [3.63, 3.8) is 0 Å². The summed E-state index contributed by atoms with van der Waals surface area (Å²) in [5.74, 6) is -1.19. The highest BCUT2D eigenvalue weighted by Gasteiger charge is 2.36. The van der Waals surface area contributed by atoms with E-state index in [1.807, 2.05) is 6.07 Å². The molecule has 0 aliphatic carbocycles. The first kappa shape index (κ1) is 23.5. The van der Waals surface area contributed by atoms with Crippen LogP contribution >= 0.6 is 0 Å². The fourth-order valence-corrected chi connectivity index (χ4v) is 4.29. The van der Waals surface area contributed by atoms with Crippen molar-refractivity contribution in [3.8, 4) is 29.1 Å². The standard InChI is InChI=1S/C28H20N2O7/c1-33-20-12-16(13-21(34-2)25(20)37-27(31)15-8-4-3-5-9-15)22-18(14-29)26(30)36-24-17-10-6-7-11-19(17)35-28(32)23(22)24/h3-13,22H,30H2,1-2H3/t22-/m1/s1. The lowest BCUT2D eigenvalue weighted by atomic mass is 9.83. The van der Waals surface area contributed by atoms with Gasteiger partial charge in [-0.15, -0.1) is 0 Å². The van der Waals surface area contributed by atoms with Gasteiger partial charge in [0.25, 0.3) is 0 Å². The number of allylic oxidation sites excluding steroid dienone is 1. The molecule has 0 saturated heterocycles. The Balaban J connectivity index is 1.69. The zero-order valence-electron chi connectivity index (χ0n) is 19.8. The number of nitrogens with two attached hydrogens (primary N) is 1. The molecule has 9 nitrogen and oxygen atoms in total. The number of methoxy groups -OCH3 is 2. The number of nitrogens with zero attached hydrogens (tertiary/aromatic N) is 1. The van der Waals surface area contributed by atoms with Crippen molar-refractivity contribution in [2.45, 2.75) is 5.92 Å². The molecule has 0 bridgehead atoms. The minimum Gasteiger partial charge on any atom is -0.493 e. The minimum atomic E-state index is -0.962. The van der Waals surface area contributed by atoms with Gasteiger partial charge in [0.2, 0.25) is 11.6 Å². The summed E-state index contributed by atoms with van der Waals surface area (Å²) in [6.07, 6.45) is 0. The van der Waals surface area contributed by atoms with Gasteiger partial charge in [-0.3, -0.25) is 0 Å². The maximum Gasteiger partial charge on any atom is 0.344 e. The fraction of sp³-hybridized carbons (Fsp3) is 0.107. The van der Waals surface area contributed by atoms with Gasteiger partial charge in [0.05, 0.1) is 36.7 Å². The highest BCUT2D eigenvalue weighted by molar-refractivity contribution is 5.92. The summed E-state index contributed by atoms with van der Waals surface area (Å²) >= 11 is 0. The van der Waals surface area contributed by atoms with E-state index in [0.717, 1.165) is 0 Å². The van der Waals surface area contributed by atoms with Crippen LogP contribution < -0.4 is 30.3 Å². The lowest BCUT2D eigenvalue weighted by Gasteiger charge is -2.26. The van der Waals surface area contributed by atoms with Crippen LogP contribution in [0, 0.1) is 11.3 Å². The van der Waals surface area contributed by atoms with E-state index in [1.165, 1.54) is 14.2 Å². The molecule has 2 heterocycles. The van der Waals surface area contributed by atoms with E-state index in [1.54, 1.807) is 66.7 Å². The van der Waals surface area contributed by atoms with Crippen LogP contribution in [0.2, 0.25) is 0 Å².